The van der Waals surface area contributed by atoms with E-state index < -0.39 is 0 Å². The molecule has 0 bridgehead atoms. The summed E-state index contributed by atoms with van der Waals surface area (Å²) in [5.41, 5.74) is 8.19. The van der Waals surface area contributed by atoms with Crippen LogP contribution in [0.5, 0.6) is 0 Å². The zero-order valence-electron chi connectivity index (χ0n) is 8.79. The highest BCUT2D eigenvalue weighted by molar-refractivity contribution is 5.43. The zero-order chi connectivity index (χ0) is 10.1. The van der Waals surface area contributed by atoms with Gasteiger partial charge in [0.2, 0.25) is 0 Å². The van der Waals surface area contributed by atoms with Crippen molar-refractivity contribution in [1.82, 2.24) is 9.78 Å². The standard InChI is InChI=1S/C10H17N3O/c1-7(2)5-13-9-3-4-14-6-8(9)10(11)12-13/h7H,3-6H2,1-2H3,(H2,11,12). The smallest absolute Gasteiger partial charge is 0.151 e. The van der Waals surface area contributed by atoms with Gasteiger partial charge in [-0.25, -0.2) is 0 Å². The summed E-state index contributed by atoms with van der Waals surface area (Å²) in [5, 5.41) is 4.35. The average Bonchev–Trinajstić information content (AvgIpc) is 2.44. The Balaban J connectivity index is 2.31. The lowest BCUT2D eigenvalue weighted by Gasteiger charge is -2.15. The first kappa shape index (κ1) is 9.52. The first-order chi connectivity index (χ1) is 6.68. The molecule has 2 heterocycles. The van der Waals surface area contributed by atoms with Crippen LogP contribution in [0, 0.1) is 5.92 Å². The number of aromatic nitrogens is 2. The van der Waals surface area contributed by atoms with Crippen LogP contribution in [0.4, 0.5) is 5.82 Å². The molecule has 0 atom stereocenters. The molecule has 4 heteroatoms. The number of anilines is 1. The fourth-order valence-electron chi connectivity index (χ4n) is 1.83. The molecule has 0 fully saturated rings. The van der Waals surface area contributed by atoms with Gasteiger partial charge in [0.25, 0.3) is 0 Å². The minimum absolute atomic E-state index is 0.598. The van der Waals surface area contributed by atoms with Crippen LogP contribution in [0.3, 0.4) is 0 Å². The van der Waals surface area contributed by atoms with Crippen LogP contribution >= 0.6 is 0 Å². The molecule has 0 radical (unpaired) electrons. The predicted molar refractivity (Wildman–Crippen MR) is 54.8 cm³/mol. The highest BCUT2D eigenvalue weighted by Crippen LogP contribution is 2.22. The lowest BCUT2D eigenvalue weighted by molar-refractivity contribution is 0.109. The maximum Gasteiger partial charge on any atom is 0.151 e. The molecule has 0 saturated carbocycles. The Morgan fingerprint density at radius 3 is 3.07 bits per heavy atom. The van der Waals surface area contributed by atoms with Crippen LogP contribution in [0.1, 0.15) is 25.1 Å². The summed E-state index contributed by atoms with van der Waals surface area (Å²) in [6.07, 6.45) is 0.937. The fraction of sp³-hybridized carbons (Fsp3) is 0.700. The summed E-state index contributed by atoms with van der Waals surface area (Å²) in [7, 11) is 0. The van der Waals surface area contributed by atoms with Crippen molar-refractivity contribution in [3.63, 3.8) is 0 Å². The molecular formula is C10H17N3O. The number of rotatable bonds is 2. The monoisotopic (exact) mass is 195 g/mol. The molecule has 14 heavy (non-hydrogen) atoms. The van der Waals surface area contributed by atoms with Gasteiger partial charge < -0.3 is 10.5 Å². The second kappa shape index (κ2) is 3.61. The Morgan fingerprint density at radius 1 is 1.57 bits per heavy atom. The number of nitrogen functional groups attached to an aromatic ring is 1. The first-order valence-corrected chi connectivity index (χ1v) is 5.10. The summed E-state index contributed by atoms with van der Waals surface area (Å²) in [6.45, 7) is 6.72. The Labute approximate surface area is 84.0 Å². The maximum absolute atomic E-state index is 5.83. The van der Waals surface area contributed by atoms with Gasteiger partial charge in [0, 0.05) is 24.2 Å². The lowest BCUT2D eigenvalue weighted by Crippen LogP contribution is -2.15. The topological polar surface area (TPSA) is 53.1 Å². The van der Waals surface area contributed by atoms with Crippen LogP contribution in [0.15, 0.2) is 0 Å². The Kier molecular flexibility index (Phi) is 2.46. The van der Waals surface area contributed by atoms with E-state index in [0.29, 0.717) is 18.3 Å². The predicted octanol–water partition coefficient (Wildman–Crippen LogP) is 1.19. The van der Waals surface area contributed by atoms with E-state index in [4.69, 9.17) is 10.5 Å². The second-order valence-corrected chi connectivity index (χ2v) is 4.19. The van der Waals surface area contributed by atoms with Crippen LogP contribution in [0.25, 0.3) is 0 Å². The van der Waals surface area contributed by atoms with Crippen molar-refractivity contribution in [1.29, 1.82) is 0 Å². The van der Waals surface area contributed by atoms with E-state index in [0.717, 1.165) is 25.1 Å². The average molecular weight is 195 g/mol. The van der Waals surface area contributed by atoms with Crippen LogP contribution in [-0.2, 0) is 24.3 Å². The largest absolute Gasteiger partial charge is 0.382 e. The Bertz CT molecular complexity index is 330. The highest BCUT2D eigenvalue weighted by atomic mass is 16.5. The van der Waals surface area contributed by atoms with Crippen LogP contribution in [0.2, 0.25) is 0 Å². The van der Waals surface area contributed by atoms with Crippen molar-refractivity contribution in [2.75, 3.05) is 12.3 Å². The summed E-state index contributed by atoms with van der Waals surface area (Å²) >= 11 is 0. The van der Waals surface area contributed by atoms with Crippen molar-refractivity contribution in [2.45, 2.75) is 33.4 Å². The molecule has 78 valence electrons. The number of hydrogen-bond acceptors (Lipinski definition) is 3. The fourth-order valence-corrected chi connectivity index (χ4v) is 1.83. The third-order valence-electron chi connectivity index (χ3n) is 2.47. The van der Waals surface area contributed by atoms with E-state index in [1.54, 1.807) is 0 Å². The van der Waals surface area contributed by atoms with E-state index >= 15 is 0 Å². The summed E-state index contributed by atoms with van der Waals surface area (Å²) in [4.78, 5) is 0. The van der Waals surface area contributed by atoms with Gasteiger partial charge in [0.05, 0.1) is 13.2 Å². The third-order valence-corrected chi connectivity index (χ3v) is 2.47. The molecule has 2 rings (SSSR count). The normalized spacial score (nSPS) is 15.9. The number of ether oxygens (including phenoxy) is 1. The minimum Gasteiger partial charge on any atom is -0.382 e. The van der Waals surface area contributed by atoms with E-state index in [2.05, 4.69) is 18.9 Å². The van der Waals surface area contributed by atoms with E-state index in [1.807, 2.05) is 4.68 Å². The molecule has 1 aromatic rings. The summed E-state index contributed by atoms with van der Waals surface area (Å²) in [5.74, 6) is 1.24. The van der Waals surface area contributed by atoms with Gasteiger partial charge in [-0.05, 0) is 5.92 Å². The first-order valence-electron chi connectivity index (χ1n) is 5.10. The van der Waals surface area contributed by atoms with E-state index in [-0.39, 0.29) is 0 Å². The highest BCUT2D eigenvalue weighted by Gasteiger charge is 2.19. The lowest BCUT2D eigenvalue weighted by atomic mass is 10.1. The van der Waals surface area contributed by atoms with Gasteiger partial charge in [0.15, 0.2) is 5.82 Å². The number of hydrogen-bond donors (Lipinski definition) is 1. The molecule has 0 amide bonds. The van der Waals surface area contributed by atoms with Gasteiger partial charge in [0.1, 0.15) is 0 Å². The van der Waals surface area contributed by atoms with Gasteiger partial charge >= 0.3 is 0 Å². The molecular weight excluding hydrogens is 178 g/mol. The van der Waals surface area contributed by atoms with Gasteiger partial charge in [-0.1, -0.05) is 13.8 Å². The van der Waals surface area contributed by atoms with Crippen molar-refractivity contribution in [3.8, 4) is 0 Å². The molecule has 1 aromatic heterocycles. The van der Waals surface area contributed by atoms with Gasteiger partial charge in [-0.15, -0.1) is 0 Å². The van der Waals surface area contributed by atoms with Crippen LogP contribution < -0.4 is 5.73 Å². The quantitative estimate of drug-likeness (QED) is 0.771. The molecule has 0 saturated heterocycles. The van der Waals surface area contributed by atoms with E-state index in [9.17, 15) is 0 Å². The zero-order valence-corrected chi connectivity index (χ0v) is 8.79. The summed E-state index contributed by atoms with van der Waals surface area (Å²) in [6, 6.07) is 0. The summed E-state index contributed by atoms with van der Waals surface area (Å²) < 4.78 is 7.40. The van der Waals surface area contributed by atoms with E-state index in [1.165, 1.54) is 5.69 Å². The molecule has 4 nitrogen and oxygen atoms in total. The van der Waals surface area contributed by atoms with Crippen molar-refractivity contribution in [3.05, 3.63) is 11.3 Å². The SMILES string of the molecule is CC(C)Cn1nc(N)c2c1CCOC2. The molecule has 2 N–H and O–H groups in total. The van der Waals surface area contributed by atoms with Crippen LogP contribution in [-0.4, -0.2) is 16.4 Å². The molecule has 0 aliphatic carbocycles. The minimum atomic E-state index is 0.598. The van der Waals surface area contributed by atoms with Gasteiger partial charge in [-0.2, -0.15) is 5.10 Å². The molecule has 0 aromatic carbocycles. The molecule has 0 unspecified atom stereocenters. The van der Waals surface area contributed by atoms with Gasteiger partial charge in [-0.3, -0.25) is 4.68 Å². The number of nitrogens with two attached hydrogens (primary N) is 1. The van der Waals surface area contributed by atoms with Crippen molar-refractivity contribution < 1.29 is 4.74 Å². The van der Waals surface area contributed by atoms with Crippen molar-refractivity contribution >= 4 is 5.82 Å². The molecule has 0 spiro atoms. The third kappa shape index (κ3) is 1.62. The second-order valence-electron chi connectivity index (χ2n) is 4.19. The Hall–Kier alpha value is -1.03. The Morgan fingerprint density at radius 2 is 2.36 bits per heavy atom. The number of nitrogens with zero attached hydrogens (tertiary/aromatic N) is 2. The van der Waals surface area contributed by atoms with Crippen molar-refractivity contribution in [2.24, 2.45) is 5.92 Å². The maximum atomic E-state index is 5.83. The number of fused-ring (bicyclic) bond motifs is 1. The molecule has 1 aliphatic heterocycles. The molecule has 1 aliphatic rings.